The molecule has 128 valence electrons. The zero-order valence-corrected chi connectivity index (χ0v) is 14.2. The molecule has 1 aromatic heterocycles. The van der Waals surface area contributed by atoms with Crippen molar-refractivity contribution in [2.24, 2.45) is 5.73 Å². The number of aryl methyl sites for hydroxylation is 2. The number of amides is 1. The van der Waals surface area contributed by atoms with Crippen molar-refractivity contribution >= 4 is 5.91 Å². The number of nitrogens with zero attached hydrogens (tertiary/aromatic N) is 3. The van der Waals surface area contributed by atoms with E-state index in [1.54, 1.807) is 0 Å². The number of carbonyl (C=O) groups excluding carboxylic acids is 1. The summed E-state index contributed by atoms with van der Waals surface area (Å²) in [7, 11) is 0. The fourth-order valence-electron chi connectivity index (χ4n) is 3.33. The molecule has 2 unspecified atom stereocenters. The van der Waals surface area contributed by atoms with Gasteiger partial charge in [-0.1, -0.05) is 30.3 Å². The summed E-state index contributed by atoms with van der Waals surface area (Å²) in [4.78, 5) is 14.2. The van der Waals surface area contributed by atoms with Crippen molar-refractivity contribution in [1.29, 1.82) is 0 Å². The first-order valence-electron chi connectivity index (χ1n) is 8.25. The lowest BCUT2D eigenvalue weighted by Gasteiger charge is -2.37. The van der Waals surface area contributed by atoms with E-state index in [-0.39, 0.29) is 12.0 Å². The Kier molecular flexibility index (Phi) is 4.97. The lowest BCUT2D eigenvalue weighted by molar-refractivity contribution is -0.127. The molecule has 1 fully saturated rings. The molecule has 0 aliphatic carbocycles. The molecule has 1 aliphatic rings. The smallest absolute Gasteiger partial charge is 0.239 e. The first-order valence-corrected chi connectivity index (χ1v) is 8.25. The zero-order valence-electron chi connectivity index (χ0n) is 14.2. The highest BCUT2D eigenvalue weighted by atomic mass is 16.5. The Balaban J connectivity index is 1.74. The Morgan fingerprint density at radius 1 is 1.38 bits per heavy atom. The standard InChI is InChI=1S/C18H24N4O2/c1-13-10-14(2)22(20-13)12-16-11-21(8-9-24-16)17(18(19)23)15-6-4-3-5-7-15/h3-7,10,16-17H,8-9,11-12H2,1-2H3,(H2,19,23). The van der Waals surface area contributed by atoms with Crippen LogP contribution in [0, 0.1) is 13.8 Å². The van der Waals surface area contributed by atoms with E-state index < -0.39 is 6.04 Å². The van der Waals surface area contributed by atoms with E-state index >= 15 is 0 Å². The third kappa shape index (κ3) is 3.66. The van der Waals surface area contributed by atoms with Crippen LogP contribution in [0.15, 0.2) is 36.4 Å². The average molecular weight is 328 g/mol. The highest BCUT2D eigenvalue weighted by Gasteiger charge is 2.31. The number of benzene rings is 1. The lowest BCUT2D eigenvalue weighted by atomic mass is 10.0. The fraction of sp³-hybridized carbons (Fsp3) is 0.444. The average Bonchev–Trinajstić information content (AvgIpc) is 2.86. The van der Waals surface area contributed by atoms with Gasteiger partial charge in [0.25, 0.3) is 0 Å². The number of hydrogen-bond acceptors (Lipinski definition) is 4. The molecule has 0 spiro atoms. The van der Waals surface area contributed by atoms with Crippen molar-refractivity contribution in [3.05, 3.63) is 53.3 Å². The highest BCUT2D eigenvalue weighted by Crippen LogP contribution is 2.23. The quantitative estimate of drug-likeness (QED) is 0.901. The summed E-state index contributed by atoms with van der Waals surface area (Å²) in [6.07, 6.45) is -0.0117. The van der Waals surface area contributed by atoms with Gasteiger partial charge in [0.15, 0.2) is 0 Å². The van der Waals surface area contributed by atoms with Gasteiger partial charge in [0.2, 0.25) is 5.91 Å². The van der Waals surface area contributed by atoms with Crippen molar-refractivity contribution in [3.8, 4) is 0 Å². The predicted molar refractivity (Wildman–Crippen MR) is 91.4 cm³/mol. The third-order valence-electron chi connectivity index (χ3n) is 4.40. The van der Waals surface area contributed by atoms with Crippen LogP contribution < -0.4 is 5.73 Å². The van der Waals surface area contributed by atoms with Crippen molar-refractivity contribution in [1.82, 2.24) is 14.7 Å². The first-order chi connectivity index (χ1) is 11.5. The van der Waals surface area contributed by atoms with Crippen LogP contribution in [0.5, 0.6) is 0 Å². The molecule has 1 aliphatic heterocycles. The van der Waals surface area contributed by atoms with Crippen molar-refractivity contribution < 1.29 is 9.53 Å². The molecule has 1 amide bonds. The number of aromatic nitrogens is 2. The Labute approximate surface area is 142 Å². The van der Waals surface area contributed by atoms with E-state index in [1.807, 2.05) is 48.9 Å². The second-order valence-electron chi connectivity index (χ2n) is 6.31. The van der Waals surface area contributed by atoms with Gasteiger partial charge in [0.1, 0.15) is 6.04 Å². The number of rotatable bonds is 5. The molecule has 0 saturated carbocycles. The summed E-state index contributed by atoms with van der Waals surface area (Å²) in [5.74, 6) is -0.326. The molecule has 6 nitrogen and oxygen atoms in total. The van der Waals surface area contributed by atoms with Gasteiger partial charge in [0.05, 0.1) is 24.9 Å². The maximum Gasteiger partial charge on any atom is 0.239 e. The summed E-state index contributed by atoms with van der Waals surface area (Å²) >= 11 is 0. The molecule has 2 atom stereocenters. The number of carbonyl (C=O) groups is 1. The summed E-state index contributed by atoms with van der Waals surface area (Å²) in [6.45, 7) is 6.63. The van der Waals surface area contributed by atoms with Gasteiger partial charge in [-0.25, -0.2) is 0 Å². The van der Waals surface area contributed by atoms with Gasteiger partial charge in [-0.15, -0.1) is 0 Å². The number of nitrogens with two attached hydrogens (primary N) is 1. The molecule has 1 aromatic carbocycles. The normalized spacial score (nSPS) is 20.0. The van der Waals surface area contributed by atoms with Gasteiger partial charge in [-0.05, 0) is 25.5 Å². The van der Waals surface area contributed by atoms with Crippen molar-refractivity contribution in [3.63, 3.8) is 0 Å². The van der Waals surface area contributed by atoms with Crippen molar-refractivity contribution in [2.45, 2.75) is 32.5 Å². The van der Waals surface area contributed by atoms with Crippen LogP contribution in [-0.4, -0.2) is 46.4 Å². The van der Waals surface area contributed by atoms with Gasteiger partial charge in [0, 0.05) is 18.8 Å². The van der Waals surface area contributed by atoms with E-state index in [2.05, 4.69) is 16.1 Å². The zero-order chi connectivity index (χ0) is 17.1. The van der Waals surface area contributed by atoms with Crippen LogP contribution in [-0.2, 0) is 16.1 Å². The Morgan fingerprint density at radius 2 is 2.12 bits per heavy atom. The second kappa shape index (κ2) is 7.15. The Bertz CT molecular complexity index is 698. The second-order valence-corrected chi connectivity index (χ2v) is 6.31. The van der Waals surface area contributed by atoms with Gasteiger partial charge in [-0.3, -0.25) is 14.4 Å². The number of primary amides is 1. The van der Waals surface area contributed by atoms with Crippen LogP contribution >= 0.6 is 0 Å². The summed E-state index contributed by atoms with van der Waals surface area (Å²) in [6, 6.07) is 11.3. The lowest BCUT2D eigenvalue weighted by Crippen LogP contribution is -2.49. The SMILES string of the molecule is Cc1cc(C)n(CC2CN(C(C(N)=O)c3ccccc3)CCO2)n1. The molecule has 2 N–H and O–H groups in total. The van der Waals surface area contributed by atoms with Gasteiger partial charge < -0.3 is 10.5 Å². The molecule has 6 heteroatoms. The molecule has 0 bridgehead atoms. The monoisotopic (exact) mass is 328 g/mol. The Hall–Kier alpha value is -2.18. The molecular weight excluding hydrogens is 304 g/mol. The third-order valence-corrected chi connectivity index (χ3v) is 4.40. The fourth-order valence-corrected chi connectivity index (χ4v) is 3.33. The highest BCUT2D eigenvalue weighted by molar-refractivity contribution is 5.81. The molecule has 24 heavy (non-hydrogen) atoms. The topological polar surface area (TPSA) is 73.4 Å². The summed E-state index contributed by atoms with van der Waals surface area (Å²) in [5, 5.41) is 4.49. The number of ether oxygens (including phenoxy) is 1. The maximum atomic E-state index is 12.0. The predicted octanol–water partition coefficient (Wildman–Crippen LogP) is 1.43. The van der Waals surface area contributed by atoms with E-state index in [4.69, 9.17) is 10.5 Å². The van der Waals surface area contributed by atoms with E-state index in [9.17, 15) is 4.79 Å². The first kappa shape index (κ1) is 16.7. The number of hydrogen-bond donors (Lipinski definition) is 1. The molecule has 0 radical (unpaired) electrons. The molecule has 1 saturated heterocycles. The molecular formula is C18H24N4O2. The molecule has 2 aromatic rings. The van der Waals surface area contributed by atoms with Crippen LogP contribution in [0.25, 0.3) is 0 Å². The van der Waals surface area contributed by atoms with E-state index in [1.165, 1.54) is 0 Å². The van der Waals surface area contributed by atoms with Crippen molar-refractivity contribution in [2.75, 3.05) is 19.7 Å². The maximum absolute atomic E-state index is 12.0. The Morgan fingerprint density at radius 3 is 2.75 bits per heavy atom. The minimum atomic E-state index is -0.418. The number of morpholine rings is 1. The minimum absolute atomic E-state index is 0.0117. The van der Waals surface area contributed by atoms with E-state index in [0.29, 0.717) is 26.2 Å². The summed E-state index contributed by atoms with van der Waals surface area (Å²) in [5.41, 5.74) is 8.73. The van der Waals surface area contributed by atoms with Crippen LogP contribution in [0.4, 0.5) is 0 Å². The van der Waals surface area contributed by atoms with Crippen LogP contribution in [0.3, 0.4) is 0 Å². The largest absolute Gasteiger partial charge is 0.374 e. The van der Waals surface area contributed by atoms with E-state index in [0.717, 1.165) is 17.0 Å². The molecule has 2 heterocycles. The van der Waals surface area contributed by atoms with Crippen LogP contribution in [0.1, 0.15) is 23.0 Å². The minimum Gasteiger partial charge on any atom is -0.374 e. The van der Waals surface area contributed by atoms with Crippen LogP contribution in [0.2, 0.25) is 0 Å². The summed E-state index contributed by atoms with van der Waals surface area (Å²) < 4.78 is 7.85. The van der Waals surface area contributed by atoms with Gasteiger partial charge in [-0.2, -0.15) is 5.10 Å². The molecule has 3 rings (SSSR count). The van der Waals surface area contributed by atoms with Gasteiger partial charge >= 0.3 is 0 Å².